The highest BCUT2D eigenvalue weighted by atomic mass is 35.5. The molecule has 0 N–H and O–H groups in total. The van der Waals surface area contributed by atoms with Crippen LogP contribution in [0.4, 0.5) is 0 Å². The highest BCUT2D eigenvalue weighted by Gasteiger charge is 2.08. The van der Waals surface area contributed by atoms with Gasteiger partial charge in [0.1, 0.15) is 11.5 Å². The van der Waals surface area contributed by atoms with Crippen LogP contribution in [0.2, 0.25) is 5.02 Å². The third kappa shape index (κ3) is 4.37. The van der Waals surface area contributed by atoms with Crippen LogP contribution in [0.1, 0.15) is 31.9 Å². The molecule has 2 heteroatoms. The third-order valence-corrected chi connectivity index (χ3v) is 3.47. The summed E-state index contributed by atoms with van der Waals surface area (Å²) in [5.41, 5.74) is 3.56. The van der Waals surface area contributed by atoms with E-state index >= 15 is 0 Å². The Morgan fingerprint density at radius 3 is 2.29 bits per heavy atom. The highest BCUT2D eigenvalue weighted by molar-refractivity contribution is 6.30. The van der Waals surface area contributed by atoms with Crippen LogP contribution in [0, 0.1) is 5.92 Å². The standard InChI is InChI=1S/C19H21ClO/c1-13(2)11-15-5-8-18(12-19(15)14(3)4)21-17-9-6-16(20)7-10-17/h5-10,12-13H,3,11H2,1-2,4H3. The number of benzene rings is 2. The molecule has 0 amide bonds. The summed E-state index contributed by atoms with van der Waals surface area (Å²) in [6.45, 7) is 10.6. The molecule has 2 aromatic rings. The van der Waals surface area contributed by atoms with Crippen molar-refractivity contribution in [2.45, 2.75) is 27.2 Å². The second kappa shape index (κ2) is 6.82. The number of hydrogen-bond acceptors (Lipinski definition) is 1. The Kier molecular flexibility index (Phi) is 5.08. The Morgan fingerprint density at radius 1 is 1.10 bits per heavy atom. The summed E-state index contributed by atoms with van der Waals surface area (Å²) < 4.78 is 5.88. The molecule has 0 bridgehead atoms. The smallest absolute Gasteiger partial charge is 0.128 e. The molecule has 0 heterocycles. The number of rotatable bonds is 5. The summed E-state index contributed by atoms with van der Waals surface area (Å²) in [5.74, 6) is 2.22. The first-order valence-electron chi connectivity index (χ1n) is 7.18. The van der Waals surface area contributed by atoms with Crippen molar-refractivity contribution in [2.75, 3.05) is 0 Å². The summed E-state index contributed by atoms with van der Waals surface area (Å²) in [6.07, 6.45) is 1.05. The van der Waals surface area contributed by atoms with Gasteiger partial charge in [0.2, 0.25) is 0 Å². The van der Waals surface area contributed by atoms with Gasteiger partial charge >= 0.3 is 0 Å². The Labute approximate surface area is 132 Å². The van der Waals surface area contributed by atoms with E-state index in [9.17, 15) is 0 Å². The average Bonchev–Trinajstić information content (AvgIpc) is 2.42. The molecule has 0 unspecified atom stereocenters. The van der Waals surface area contributed by atoms with Gasteiger partial charge < -0.3 is 4.74 Å². The van der Waals surface area contributed by atoms with Crippen LogP contribution in [0.25, 0.3) is 5.57 Å². The van der Waals surface area contributed by atoms with Gasteiger partial charge in [0, 0.05) is 5.02 Å². The molecular formula is C19H21ClO. The van der Waals surface area contributed by atoms with Crippen molar-refractivity contribution in [3.63, 3.8) is 0 Å². The summed E-state index contributed by atoms with van der Waals surface area (Å²) in [5, 5.41) is 0.706. The van der Waals surface area contributed by atoms with Crippen molar-refractivity contribution in [3.8, 4) is 11.5 Å². The molecule has 0 saturated carbocycles. The van der Waals surface area contributed by atoms with Crippen LogP contribution in [0.15, 0.2) is 49.0 Å². The van der Waals surface area contributed by atoms with Crippen molar-refractivity contribution in [1.82, 2.24) is 0 Å². The first-order valence-corrected chi connectivity index (χ1v) is 7.55. The molecule has 1 nitrogen and oxygen atoms in total. The van der Waals surface area contributed by atoms with Gasteiger partial charge in [-0.3, -0.25) is 0 Å². The van der Waals surface area contributed by atoms with Crippen LogP contribution in [0.5, 0.6) is 11.5 Å². The van der Waals surface area contributed by atoms with Crippen LogP contribution in [-0.4, -0.2) is 0 Å². The molecule has 2 rings (SSSR count). The first-order chi connectivity index (χ1) is 9.95. The van der Waals surface area contributed by atoms with E-state index in [0.717, 1.165) is 23.5 Å². The lowest BCUT2D eigenvalue weighted by atomic mass is 9.94. The van der Waals surface area contributed by atoms with E-state index in [2.05, 4.69) is 32.6 Å². The molecule has 0 aliphatic rings. The molecule has 0 saturated heterocycles. The molecule has 2 aromatic carbocycles. The maximum Gasteiger partial charge on any atom is 0.128 e. The Hall–Kier alpha value is -1.73. The molecule has 0 aromatic heterocycles. The zero-order chi connectivity index (χ0) is 15.4. The maximum atomic E-state index is 5.88. The fourth-order valence-corrected chi connectivity index (χ4v) is 2.40. The molecule has 110 valence electrons. The minimum absolute atomic E-state index is 0.617. The quantitative estimate of drug-likeness (QED) is 0.624. The van der Waals surface area contributed by atoms with Crippen LogP contribution in [0.3, 0.4) is 0 Å². The topological polar surface area (TPSA) is 9.23 Å². The number of allylic oxidation sites excluding steroid dienone is 1. The molecular weight excluding hydrogens is 280 g/mol. The van der Waals surface area contributed by atoms with Crippen molar-refractivity contribution >= 4 is 17.2 Å². The van der Waals surface area contributed by atoms with E-state index in [1.54, 1.807) is 0 Å². The maximum absolute atomic E-state index is 5.88. The van der Waals surface area contributed by atoms with Crippen molar-refractivity contribution < 1.29 is 4.74 Å². The third-order valence-electron chi connectivity index (χ3n) is 3.22. The lowest BCUT2D eigenvalue weighted by molar-refractivity contribution is 0.482. The summed E-state index contributed by atoms with van der Waals surface area (Å²) in [6, 6.07) is 13.6. The fourth-order valence-electron chi connectivity index (χ4n) is 2.27. The summed E-state index contributed by atoms with van der Waals surface area (Å²) >= 11 is 5.88. The van der Waals surface area contributed by atoms with Gasteiger partial charge in [0.15, 0.2) is 0 Å². The van der Waals surface area contributed by atoms with Crippen LogP contribution in [-0.2, 0) is 6.42 Å². The van der Waals surface area contributed by atoms with E-state index in [1.807, 2.05) is 37.3 Å². The Bertz CT molecular complexity index is 627. The second-order valence-corrected chi connectivity index (χ2v) is 6.19. The van der Waals surface area contributed by atoms with Crippen LogP contribution < -0.4 is 4.74 Å². The van der Waals surface area contributed by atoms with Gasteiger partial charge in [0.05, 0.1) is 0 Å². The molecule has 0 spiro atoms. The van der Waals surface area contributed by atoms with Gasteiger partial charge in [-0.25, -0.2) is 0 Å². The molecule has 21 heavy (non-hydrogen) atoms. The zero-order valence-electron chi connectivity index (χ0n) is 12.8. The minimum Gasteiger partial charge on any atom is -0.457 e. The van der Waals surface area contributed by atoms with E-state index in [4.69, 9.17) is 16.3 Å². The summed E-state index contributed by atoms with van der Waals surface area (Å²) in [7, 11) is 0. The number of hydrogen-bond donors (Lipinski definition) is 0. The Balaban J connectivity index is 2.27. The average molecular weight is 301 g/mol. The largest absolute Gasteiger partial charge is 0.457 e. The molecule has 0 fully saturated rings. The zero-order valence-corrected chi connectivity index (χ0v) is 13.6. The van der Waals surface area contributed by atoms with Gasteiger partial charge in [-0.1, -0.05) is 43.7 Å². The van der Waals surface area contributed by atoms with E-state index in [-0.39, 0.29) is 0 Å². The van der Waals surface area contributed by atoms with E-state index in [0.29, 0.717) is 10.9 Å². The predicted octanol–water partition coefficient (Wildman–Crippen LogP) is 6.36. The van der Waals surface area contributed by atoms with Gasteiger partial charge in [-0.15, -0.1) is 0 Å². The normalized spacial score (nSPS) is 10.7. The molecule has 0 aliphatic heterocycles. The SMILES string of the molecule is C=C(C)c1cc(Oc2ccc(Cl)cc2)ccc1CC(C)C. The van der Waals surface area contributed by atoms with Gasteiger partial charge in [-0.05, 0) is 66.8 Å². The fraction of sp³-hybridized carbons (Fsp3) is 0.263. The van der Waals surface area contributed by atoms with Crippen molar-refractivity contribution in [3.05, 3.63) is 65.2 Å². The molecule has 0 aliphatic carbocycles. The summed E-state index contributed by atoms with van der Waals surface area (Å²) in [4.78, 5) is 0. The lowest BCUT2D eigenvalue weighted by Crippen LogP contribution is -1.99. The monoisotopic (exact) mass is 300 g/mol. The number of ether oxygens (including phenoxy) is 1. The van der Waals surface area contributed by atoms with Gasteiger partial charge in [0.25, 0.3) is 0 Å². The minimum atomic E-state index is 0.617. The lowest BCUT2D eigenvalue weighted by Gasteiger charge is -2.14. The predicted molar refractivity (Wildman–Crippen MR) is 91.2 cm³/mol. The first kappa shape index (κ1) is 15.7. The van der Waals surface area contributed by atoms with Gasteiger partial charge in [-0.2, -0.15) is 0 Å². The van der Waals surface area contributed by atoms with E-state index < -0.39 is 0 Å². The molecule has 0 radical (unpaired) electrons. The highest BCUT2D eigenvalue weighted by Crippen LogP contribution is 2.29. The Morgan fingerprint density at radius 2 is 1.71 bits per heavy atom. The van der Waals surface area contributed by atoms with E-state index in [1.165, 1.54) is 11.1 Å². The number of halogens is 1. The molecule has 0 atom stereocenters. The van der Waals surface area contributed by atoms with Crippen LogP contribution >= 0.6 is 11.6 Å². The second-order valence-electron chi connectivity index (χ2n) is 5.75. The van der Waals surface area contributed by atoms with Crippen molar-refractivity contribution in [2.24, 2.45) is 5.92 Å². The van der Waals surface area contributed by atoms with Crippen molar-refractivity contribution in [1.29, 1.82) is 0 Å².